The molecule has 0 spiro atoms. The maximum Gasteiger partial charge on any atom is 0.435 e. The van der Waals surface area contributed by atoms with Gasteiger partial charge >= 0.3 is 6.18 Å². The number of piperidine rings is 1. The van der Waals surface area contributed by atoms with Gasteiger partial charge < -0.3 is 10.1 Å². The SMILES string of the molecule is FC(F)(F)c1ccc(O[C@@H]2C[C@@H]3CN[C@H]2C3)nn1. The summed E-state index contributed by atoms with van der Waals surface area (Å²) in [5.74, 6) is 0.768. The molecule has 0 amide bonds. The molecule has 3 rings (SSSR count). The number of aromatic nitrogens is 2. The fraction of sp³-hybridized carbons (Fsp3) is 0.636. The molecule has 0 unspecified atom stereocenters. The third-order valence-corrected chi connectivity index (χ3v) is 3.47. The van der Waals surface area contributed by atoms with Crippen molar-refractivity contribution in [3.63, 3.8) is 0 Å². The van der Waals surface area contributed by atoms with Gasteiger partial charge in [-0.25, -0.2) is 0 Å². The van der Waals surface area contributed by atoms with Gasteiger partial charge in [0.05, 0.1) is 0 Å². The third kappa shape index (κ3) is 2.14. The summed E-state index contributed by atoms with van der Waals surface area (Å²) in [5.41, 5.74) is -0.999. The van der Waals surface area contributed by atoms with Crippen molar-refractivity contribution in [2.24, 2.45) is 5.92 Å². The molecular formula is C11H12F3N3O. The van der Waals surface area contributed by atoms with Gasteiger partial charge in [0.15, 0.2) is 5.69 Å². The first-order valence-corrected chi connectivity index (χ1v) is 5.83. The van der Waals surface area contributed by atoms with Crippen molar-refractivity contribution in [3.05, 3.63) is 17.8 Å². The Bertz CT molecular complexity index is 434. The van der Waals surface area contributed by atoms with Crippen LogP contribution in [0.4, 0.5) is 13.2 Å². The van der Waals surface area contributed by atoms with Crippen LogP contribution in [0.3, 0.4) is 0 Å². The molecule has 4 nitrogen and oxygen atoms in total. The monoisotopic (exact) mass is 259 g/mol. The molecule has 0 radical (unpaired) electrons. The predicted molar refractivity (Wildman–Crippen MR) is 56.0 cm³/mol. The molecule has 2 aliphatic rings. The highest BCUT2D eigenvalue weighted by Gasteiger charge is 2.41. The minimum absolute atomic E-state index is 0.00483. The zero-order valence-corrected chi connectivity index (χ0v) is 9.44. The molecule has 1 aliphatic carbocycles. The van der Waals surface area contributed by atoms with E-state index in [9.17, 15) is 13.2 Å². The topological polar surface area (TPSA) is 47.0 Å². The molecular weight excluding hydrogens is 247 g/mol. The zero-order chi connectivity index (χ0) is 12.8. The second-order valence-corrected chi connectivity index (χ2v) is 4.76. The number of hydrogen-bond acceptors (Lipinski definition) is 4. The van der Waals surface area contributed by atoms with E-state index < -0.39 is 11.9 Å². The van der Waals surface area contributed by atoms with E-state index in [0.717, 1.165) is 25.5 Å². The summed E-state index contributed by atoms with van der Waals surface area (Å²) >= 11 is 0. The molecule has 1 aromatic heterocycles. The lowest BCUT2D eigenvalue weighted by atomic mass is 10.1. The number of hydrogen-bond donors (Lipinski definition) is 1. The van der Waals surface area contributed by atoms with Crippen molar-refractivity contribution >= 4 is 0 Å². The Balaban J connectivity index is 1.67. The van der Waals surface area contributed by atoms with E-state index in [1.807, 2.05) is 0 Å². The average molecular weight is 259 g/mol. The summed E-state index contributed by atoms with van der Waals surface area (Å²) in [5, 5.41) is 9.91. The van der Waals surface area contributed by atoms with Gasteiger partial charge in [-0.3, -0.25) is 0 Å². The normalized spacial score (nSPS) is 30.7. The molecule has 3 atom stereocenters. The molecule has 7 heteroatoms. The van der Waals surface area contributed by atoms with Crippen molar-refractivity contribution in [1.82, 2.24) is 15.5 Å². The molecule has 2 fully saturated rings. The highest BCUT2D eigenvalue weighted by atomic mass is 19.4. The smallest absolute Gasteiger partial charge is 0.435 e. The third-order valence-electron chi connectivity index (χ3n) is 3.47. The van der Waals surface area contributed by atoms with Crippen LogP contribution in [0, 0.1) is 5.92 Å². The van der Waals surface area contributed by atoms with E-state index in [4.69, 9.17) is 4.74 Å². The highest BCUT2D eigenvalue weighted by molar-refractivity contribution is 5.14. The molecule has 98 valence electrons. The fourth-order valence-corrected chi connectivity index (χ4v) is 2.62. The summed E-state index contributed by atoms with van der Waals surface area (Å²) in [7, 11) is 0. The predicted octanol–water partition coefficient (Wildman–Crippen LogP) is 1.62. The van der Waals surface area contributed by atoms with Gasteiger partial charge in [-0.1, -0.05) is 0 Å². The minimum Gasteiger partial charge on any atom is -0.472 e. The molecule has 1 aliphatic heterocycles. The molecule has 2 heterocycles. The number of fused-ring (bicyclic) bond motifs is 2. The van der Waals surface area contributed by atoms with Gasteiger partial charge in [-0.2, -0.15) is 13.2 Å². The largest absolute Gasteiger partial charge is 0.472 e. The minimum atomic E-state index is -4.46. The van der Waals surface area contributed by atoms with Crippen LogP contribution in [0.25, 0.3) is 0 Å². The van der Waals surface area contributed by atoms with E-state index in [1.165, 1.54) is 6.07 Å². The fourth-order valence-electron chi connectivity index (χ4n) is 2.62. The van der Waals surface area contributed by atoms with E-state index in [1.54, 1.807) is 0 Å². The van der Waals surface area contributed by atoms with Crippen LogP contribution in [0.1, 0.15) is 18.5 Å². The first-order valence-electron chi connectivity index (χ1n) is 5.83. The van der Waals surface area contributed by atoms with Crippen LogP contribution in [-0.2, 0) is 6.18 Å². The molecule has 0 aromatic carbocycles. The highest BCUT2D eigenvalue weighted by Crippen LogP contribution is 2.34. The van der Waals surface area contributed by atoms with Crippen molar-refractivity contribution in [2.45, 2.75) is 31.2 Å². The Morgan fingerprint density at radius 3 is 2.56 bits per heavy atom. The van der Waals surface area contributed by atoms with E-state index in [-0.39, 0.29) is 12.0 Å². The number of nitrogens with zero attached hydrogens (tertiary/aromatic N) is 2. The Morgan fingerprint density at radius 1 is 1.22 bits per heavy atom. The molecule has 2 bridgehead atoms. The number of nitrogens with one attached hydrogen (secondary N) is 1. The summed E-state index contributed by atoms with van der Waals surface area (Å²) in [6.45, 7) is 1.00. The lowest BCUT2D eigenvalue weighted by Gasteiger charge is -2.23. The maximum absolute atomic E-state index is 12.3. The Kier molecular flexibility index (Phi) is 2.65. The van der Waals surface area contributed by atoms with Gasteiger partial charge in [0.1, 0.15) is 6.10 Å². The second-order valence-electron chi connectivity index (χ2n) is 4.76. The number of rotatable bonds is 2. The Labute approximate surface area is 102 Å². The second kappa shape index (κ2) is 4.08. The first-order chi connectivity index (χ1) is 8.52. The van der Waals surface area contributed by atoms with Crippen LogP contribution in [0.5, 0.6) is 5.88 Å². The van der Waals surface area contributed by atoms with E-state index in [2.05, 4.69) is 15.5 Å². The van der Waals surface area contributed by atoms with Crippen molar-refractivity contribution < 1.29 is 17.9 Å². The van der Waals surface area contributed by atoms with Crippen LogP contribution in [0.15, 0.2) is 12.1 Å². The van der Waals surface area contributed by atoms with Gasteiger partial charge in [0, 0.05) is 12.1 Å². The van der Waals surface area contributed by atoms with Gasteiger partial charge in [0.2, 0.25) is 5.88 Å². The van der Waals surface area contributed by atoms with Gasteiger partial charge in [-0.15, -0.1) is 10.2 Å². The van der Waals surface area contributed by atoms with E-state index in [0.29, 0.717) is 12.0 Å². The summed E-state index contributed by atoms with van der Waals surface area (Å²) < 4.78 is 42.5. The average Bonchev–Trinajstić information content (AvgIpc) is 2.90. The lowest BCUT2D eigenvalue weighted by Crippen LogP contribution is -2.40. The quantitative estimate of drug-likeness (QED) is 0.876. The van der Waals surface area contributed by atoms with Crippen molar-refractivity contribution in [1.29, 1.82) is 0 Å². The molecule has 18 heavy (non-hydrogen) atoms. The number of alkyl halides is 3. The van der Waals surface area contributed by atoms with Crippen LogP contribution in [0.2, 0.25) is 0 Å². The van der Waals surface area contributed by atoms with Crippen molar-refractivity contribution in [2.75, 3.05) is 6.54 Å². The number of halogens is 3. The first kappa shape index (κ1) is 11.7. The molecule has 1 saturated carbocycles. The summed E-state index contributed by atoms with van der Waals surface area (Å²) in [6, 6.07) is 2.41. The van der Waals surface area contributed by atoms with Gasteiger partial charge in [0.25, 0.3) is 0 Å². The van der Waals surface area contributed by atoms with Crippen LogP contribution >= 0.6 is 0 Å². The Morgan fingerprint density at radius 2 is 2.06 bits per heavy atom. The van der Waals surface area contributed by atoms with Crippen molar-refractivity contribution in [3.8, 4) is 5.88 Å². The molecule has 1 aromatic rings. The zero-order valence-electron chi connectivity index (χ0n) is 9.44. The summed E-state index contributed by atoms with van der Waals surface area (Å²) in [6.07, 6.45) is -2.46. The maximum atomic E-state index is 12.3. The Hall–Kier alpha value is -1.37. The van der Waals surface area contributed by atoms with E-state index >= 15 is 0 Å². The number of ether oxygens (including phenoxy) is 1. The lowest BCUT2D eigenvalue weighted by molar-refractivity contribution is -0.141. The summed E-state index contributed by atoms with van der Waals surface area (Å²) in [4.78, 5) is 0. The van der Waals surface area contributed by atoms with Gasteiger partial charge in [-0.05, 0) is 31.4 Å². The van der Waals surface area contributed by atoms with Crippen LogP contribution in [-0.4, -0.2) is 28.9 Å². The standard InChI is InChI=1S/C11H12F3N3O/c12-11(13,14)9-1-2-10(17-16-9)18-8-4-6-3-7(8)15-5-6/h1-2,6-8,15H,3-5H2/t6-,7+,8-/m1/s1. The van der Waals surface area contributed by atoms with Crippen LogP contribution < -0.4 is 10.1 Å². The molecule has 1 N–H and O–H groups in total. The molecule has 1 saturated heterocycles.